The molecule has 0 spiro atoms. The Kier molecular flexibility index (Phi) is 5.84. The third-order valence-electron chi connectivity index (χ3n) is 4.72. The normalized spacial score (nSPS) is 10.9. The number of hydrogen-bond donors (Lipinski definition) is 0. The topological polar surface area (TPSA) is 91.8 Å². The average Bonchev–Trinajstić information content (AvgIpc) is 3.14. The highest BCUT2D eigenvalue weighted by Gasteiger charge is 2.15. The van der Waals surface area contributed by atoms with Crippen molar-refractivity contribution in [2.24, 2.45) is 0 Å². The van der Waals surface area contributed by atoms with Crippen molar-refractivity contribution in [2.45, 2.75) is 20.3 Å². The highest BCUT2D eigenvalue weighted by molar-refractivity contribution is 5.93. The number of aromatic nitrogens is 1. The van der Waals surface area contributed by atoms with Gasteiger partial charge in [-0.15, -0.1) is 0 Å². The first-order chi connectivity index (χ1) is 15.0. The molecular weight excluding hydrogens is 398 g/mol. The molecule has 2 aromatic carbocycles. The van der Waals surface area contributed by atoms with E-state index in [1.807, 2.05) is 37.3 Å². The molecule has 0 unspecified atom stereocenters. The van der Waals surface area contributed by atoms with Gasteiger partial charge >= 0.3 is 11.6 Å². The SMILES string of the molecule is CCOC(=O)c1cc2ccc(OCCc3nc(-c4ccccc4)oc3C)cc2oc1=O. The molecule has 0 fully saturated rings. The molecule has 0 saturated heterocycles. The second-order valence-corrected chi connectivity index (χ2v) is 6.85. The monoisotopic (exact) mass is 419 g/mol. The smallest absolute Gasteiger partial charge is 0.351 e. The maximum Gasteiger partial charge on any atom is 0.351 e. The van der Waals surface area contributed by atoms with Crippen molar-refractivity contribution < 1.29 is 23.1 Å². The van der Waals surface area contributed by atoms with Gasteiger partial charge in [-0.3, -0.25) is 0 Å². The van der Waals surface area contributed by atoms with Crippen molar-refractivity contribution in [1.29, 1.82) is 0 Å². The number of esters is 1. The summed E-state index contributed by atoms with van der Waals surface area (Å²) in [5.41, 5.74) is 1.21. The Hall–Kier alpha value is -3.87. The molecule has 2 aromatic heterocycles. The molecule has 0 N–H and O–H groups in total. The quantitative estimate of drug-likeness (QED) is 0.320. The summed E-state index contributed by atoms with van der Waals surface area (Å²) in [4.78, 5) is 28.5. The lowest BCUT2D eigenvalue weighted by atomic mass is 10.2. The molecule has 4 aromatic rings. The van der Waals surface area contributed by atoms with Gasteiger partial charge in [0.15, 0.2) is 0 Å². The Morgan fingerprint density at radius 3 is 2.65 bits per heavy atom. The zero-order chi connectivity index (χ0) is 21.8. The summed E-state index contributed by atoms with van der Waals surface area (Å²) in [6, 6.07) is 16.3. The summed E-state index contributed by atoms with van der Waals surface area (Å²) >= 11 is 0. The van der Waals surface area contributed by atoms with Gasteiger partial charge in [-0.2, -0.15) is 0 Å². The van der Waals surface area contributed by atoms with Gasteiger partial charge in [0.25, 0.3) is 0 Å². The number of aryl methyl sites for hydroxylation is 1. The zero-order valence-corrected chi connectivity index (χ0v) is 17.2. The van der Waals surface area contributed by atoms with E-state index in [-0.39, 0.29) is 12.2 Å². The van der Waals surface area contributed by atoms with Crippen LogP contribution in [0.25, 0.3) is 22.4 Å². The van der Waals surface area contributed by atoms with Crippen molar-refractivity contribution in [1.82, 2.24) is 4.98 Å². The fourth-order valence-corrected chi connectivity index (χ4v) is 3.16. The molecule has 158 valence electrons. The van der Waals surface area contributed by atoms with Crippen LogP contribution in [-0.4, -0.2) is 24.2 Å². The summed E-state index contributed by atoms with van der Waals surface area (Å²) in [6.45, 7) is 4.10. The van der Waals surface area contributed by atoms with E-state index in [0.717, 1.165) is 17.0 Å². The van der Waals surface area contributed by atoms with Crippen LogP contribution in [-0.2, 0) is 11.2 Å². The lowest BCUT2D eigenvalue weighted by Crippen LogP contribution is -2.16. The molecule has 0 bridgehead atoms. The molecule has 0 aliphatic heterocycles. The molecule has 0 aliphatic carbocycles. The first-order valence-corrected chi connectivity index (χ1v) is 9.94. The number of ether oxygens (including phenoxy) is 2. The number of hydrogen-bond acceptors (Lipinski definition) is 7. The maximum absolute atomic E-state index is 12.1. The van der Waals surface area contributed by atoms with Crippen LogP contribution in [0.5, 0.6) is 5.75 Å². The van der Waals surface area contributed by atoms with Gasteiger partial charge in [-0.25, -0.2) is 14.6 Å². The van der Waals surface area contributed by atoms with E-state index in [2.05, 4.69) is 4.98 Å². The van der Waals surface area contributed by atoms with E-state index in [0.29, 0.717) is 35.6 Å². The molecule has 2 heterocycles. The number of rotatable bonds is 7. The Morgan fingerprint density at radius 2 is 1.87 bits per heavy atom. The molecule has 7 heteroatoms. The number of nitrogens with zero attached hydrogens (tertiary/aromatic N) is 1. The van der Waals surface area contributed by atoms with Gasteiger partial charge in [-0.05, 0) is 44.2 Å². The second-order valence-electron chi connectivity index (χ2n) is 6.85. The average molecular weight is 419 g/mol. The minimum Gasteiger partial charge on any atom is -0.493 e. The zero-order valence-electron chi connectivity index (χ0n) is 17.2. The fourth-order valence-electron chi connectivity index (χ4n) is 3.16. The van der Waals surface area contributed by atoms with E-state index in [1.165, 1.54) is 6.07 Å². The highest BCUT2D eigenvalue weighted by atomic mass is 16.5. The largest absolute Gasteiger partial charge is 0.493 e. The summed E-state index contributed by atoms with van der Waals surface area (Å²) in [5, 5.41) is 0.606. The highest BCUT2D eigenvalue weighted by Crippen LogP contribution is 2.23. The lowest BCUT2D eigenvalue weighted by molar-refractivity contribution is 0.0522. The third kappa shape index (κ3) is 4.50. The molecular formula is C24H21NO6. The summed E-state index contributed by atoms with van der Waals surface area (Å²) in [5.74, 6) is 1.18. The Morgan fingerprint density at radius 1 is 1.06 bits per heavy atom. The number of carbonyl (C=O) groups excluding carboxylic acids is 1. The van der Waals surface area contributed by atoms with Crippen molar-refractivity contribution in [3.05, 3.63) is 82.0 Å². The summed E-state index contributed by atoms with van der Waals surface area (Å²) in [7, 11) is 0. The van der Waals surface area contributed by atoms with Crippen LogP contribution in [0.1, 0.15) is 28.7 Å². The van der Waals surface area contributed by atoms with Crippen LogP contribution in [0.3, 0.4) is 0 Å². The third-order valence-corrected chi connectivity index (χ3v) is 4.72. The molecule has 0 amide bonds. The maximum atomic E-state index is 12.1. The second kappa shape index (κ2) is 8.87. The van der Waals surface area contributed by atoms with Gasteiger partial charge in [0.1, 0.15) is 22.7 Å². The van der Waals surface area contributed by atoms with Gasteiger partial charge < -0.3 is 18.3 Å². The van der Waals surface area contributed by atoms with Gasteiger partial charge in [0.05, 0.1) is 18.9 Å². The number of benzene rings is 2. The van der Waals surface area contributed by atoms with Crippen molar-refractivity contribution in [3.8, 4) is 17.2 Å². The predicted octanol–water partition coefficient (Wildman–Crippen LogP) is 4.55. The van der Waals surface area contributed by atoms with Crippen molar-refractivity contribution >= 4 is 16.9 Å². The van der Waals surface area contributed by atoms with Crippen LogP contribution >= 0.6 is 0 Å². The lowest BCUT2D eigenvalue weighted by Gasteiger charge is -2.07. The van der Waals surface area contributed by atoms with Gasteiger partial charge in [0, 0.05) is 23.4 Å². The van der Waals surface area contributed by atoms with Crippen molar-refractivity contribution in [3.63, 3.8) is 0 Å². The molecule has 31 heavy (non-hydrogen) atoms. The van der Waals surface area contributed by atoms with Crippen LogP contribution < -0.4 is 10.4 Å². The van der Waals surface area contributed by atoms with E-state index in [4.69, 9.17) is 18.3 Å². The number of oxazole rings is 1. The van der Waals surface area contributed by atoms with E-state index in [1.54, 1.807) is 25.1 Å². The summed E-state index contributed by atoms with van der Waals surface area (Å²) < 4.78 is 21.7. The first-order valence-electron chi connectivity index (χ1n) is 9.94. The van der Waals surface area contributed by atoms with Crippen molar-refractivity contribution in [2.75, 3.05) is 13.2 Å². The molecule has 0 atom stereocenters. The van der Waals surface area contributed by atoms with Crippen LogP contribution in [0, 0.1) is 6.92 Å². The van der Waals surface area contributed by atoms with Crippen LogP contribution in [0.15, 0.2) is 68.2 Å². The molecule has 0 saturated carbocycles. The summed E-state index contributed by atoms with van der Waals surface area (Å²) in [6.07, 6.45) is 0.561. The molecule has 0 radical (unpaired) electrons. The van der Waals surface area contributed by atoms with Crippen LogP contribution in [0.2, 0.25) is 0 Å². The minimum atomic E-state index is -0.741. The fraction of sp³-hybridized carbons (Fsp3) is 0.208. The Labute approximate surface area is 178 Å². The van der Waals surface area contributed by atoms with Gasteiger partial charge in [-0.1, -0.05) is 18.2 Å². The minimum absolute atomic E-state index is 0.126. The Bertz CT molecular complexity index is 1270. The number of carbonyl (C=O) groups is 1. The van der Waals surface area contributed by atoms with Gasteiger partial charge in [0.2, 0.25) is 5.89 Å². The standard InChI is InChI=1S/C24H21NO6/c1-3-28-23(26)19-13-17-9-10-18(14-21(17)31-24(19)27)29-12-11-20-15(2)30-22(25-20)16-7-5-4-6-8-16/h4-10,13-14H,3,11-12H2,1-2H3. The number of fused-ring (bicyclic) bond motifs is 1. The molecule has 4 rings (SSSR count). The van der Waals surface area contributed by atoms with Crippen LogP contribution in [0.4, 0.5) is 0 Å². The first kappa shape index (κ1) is 20.4. The van der Waals surface area contributed by atoms with E-state index in [9.17, 15) is 9.59 Å². The molecule has 0 aliphatic rings. The van der Waals surface area contributed by atoms with E-state index >= 15 is 0 Å². The predicted molar refractivity (Wildman–Crippen MR) is 114 cm³/mol. The Balaban J connectivity index is 1.45. The van der Waals surface area contributed by atoms with E-state index < -0.39 is 11.6 Å². The molecule has 7 nitrogen and oxygen atoms in total.